The number of carbonyl (C=O) groups is 1. The van der Waals surface area contributed by atoms with Gasteiger partial charge in [0.15, 0.2) is 0 Å². The highest BCUT2D eigenvalue weighted by molar-refractivity contribution is 7.18. The van der Waals surface area contributed by atoms with Crippen LogP contribution in [0.1, 0.15) is 36.6 Å². The van der Waals surface area contributed by atoms with Crippen molar-refractivity contribution in [2.24, 2.45) is 0 Å². The highest BCUT2D eigenvalue weighted by atomic mass is 32.1. The van der Waals surface area contributed by atoms with Gasteiger partial charge in [-0.1, -0.05) is 6.07 Å². The van der Waals surface area contributed by atoms with Crippen molar-refractivity contribution in [2.75, 3.05) is 0 Å². The van der Waals surface area contributed by atoms with Crippen molar-refractivity contribution in [2.45, 2.75) is 38.1 Å². The molecule has 0 unspecified atom stereocenters. The van der Waals surface area contributed by atoms with Crippen LogP contribution in [-0.2, 0) is 17.6 Å². The third-order valence-corrected chi connectivity index (χ3v) is 6.55. The van der Waals surface area contributed by atoms with Gasteiger partial charge in [-0.05, 0) is 59.9 Å². The highest BCUT2D eigenvalue weighted by Gasteiger charge is 2.38. The summed E-state index contributed by atoms with van der Waals surface area (Å²) in [6.45, 7) is 2.04. The number of thiophene rings is 1. The first kappa shape index (κ1) is 17.5. The minimum absolute atomic E-state index is 0.0389. The molecule has 0 aliphatic heterocycles. The number of hydrogen-bond donors (Lipinski definition) is 1. The Hall–Kier alpha value is -2.58. The van der Waals surface area contributed by atoms with Crippen molar-refractivity contribution in [1.29, 1.82) is 0 Å². The molecular formula is C20H18N4O2S2. The lowest BCUT2D eigenvalue weighted by Crippen LogP contribution is -2.35. The van der Waals surface area contributed by atoms with Crippen molar-refractivity contribution in [3.05, 3.63) is 51.8 Å². The molecule has 3 heterocycles. The summed E-state index contributed by atoms with van der Waals surface area (Å²) in [5.41, 5.74) is 3.35. The molecule has 0 atom stereocenters. The SMILES string of the molecule is CC1(NC(=O)Cc2nnc(Cc3nc4ccc(-c5ccsc5)cc4s3)o2)CC1. The van der Waals surface area contributed by atoms with Gasteiger partial charge in [0, 0.05) is 5.54 Å². The summed E-state index contributed by atoms with van der Waals surface area (Å²) in [6.07, 6.45) is 2.64. The van der Waals surface area contributed by atoms with Crippen LogP contribution in [0.25, 0.3) is 21.3 Å². The lowest BCUT2D eigenvalue weighted by atomic mass is 10.1. The molecule has 0 spiro atoms. The van der Waals surface area contributed by atoms with Crippen LogP contribution in [0.15, 0.2) is 39.4 Å². The molecule has 1 amide bonds. The van der Waals surface area contributed by atoms with E-state index in [2.05, 4.69) is 49.5 Å². The maximum atomic E-state index is 12.0. The number of amides is 1. The quantitative estimate of drug-likeness (QED) is 0.515. The number of nitrogens with zero attached hydrogens (tertiary/aromatic N) is 3. The summed E-state index contributed by atoms with van der Waals surface area (Å²) in [7, 11) is 0. The lowest BCUT2D eigenvalue weighted by molar-refractivity contribution is -0.121. The van der Waals surface area contributed by atoms with Crippen LogP contribution in [0.3, 0.4) is 0 Å². The molecule has 5 rings (SSSR count). The van der Waals surface area contributed by atoms with E-state index in [0.717, 1.165) is 28.1 Å². The largest absolute Gasteiger partial charge is 0.424 e. The monoisotopic (exact) mass is 410 g/mol. The van der Waals surface area contributed by atoms with Crippen molar-refractivity contribution in [1.82, 2.24) is 20.5 Å². The van der Waals surface area contributed by atoms with Crippen LogP contribution in [0.5, 0.6) is 0 Å². The predicted molar refractivity (Wildman–Crippen MR) is 110 cm³/mol. The van der Waals surface area contributed by atoms with Gasteiger partial charge in [0.25, 0.3) is 0 Å². The maximum absolute atomic E-state index is 12.0. The van der Waals surface area contributed by atoms with Crippen LogP contribution < -0.4 is 5.32 Å². The van der Waals surface area contributed by atoms with E-state index in [4.69, 9.17) is 4.42 Å². The van der Waals surface area contributed by atoms with Crippen molar-refractivity contribution < 1.29 is 9.21 Å². The van der Waals surface area contributed by atoms with Gasteiger partial charge in [-0.25, -0.2) is 4.98 Å². The normalized spacial score (nSPS) is 15.0. The van der Waals surface area contributed by atoms with Crippen LogP contribution in [-0.4, -0.2) is 26.6 Å². The molecule has 1 aliphatic carbocycles. The van der Waals surface area contributed by atoms with E-state index >= 15 is 0 Å². The summed E-state index contributed by atoms with van der Waals surface area (Å²) in [5, 5.41) is 16.2. The molecule has 1 fully saturated rings. The lowest BCUT2D eigenvalue weighted by Gasteiger charge is -2.09. The molecule has 0 bridgehead atoms. The first-order chi connectivity index (χ1) is 13.6. The van der Waals surface area contributed by atoms with Gasteiger partial charge >= 0.3 is 0 Å². The van der Waals surface area contributed by atoms with Crippen molar-refractivity contribution in [3.8, 4) is 11.1 Å². The van der Waals surface area contributed by atoms with E-state index in [9.17, 15) is 4.79 Å². The minimum Gasteiger partial charge on any atom is -0.424 e. The Kier molecular flexibility index (Phi) is 4.25. The first-order valence-electron chi connectivity index (χ1n) is 9.11. The van der Waals surface area contributed by atoms with E-state index in [1.54, 1.807) is 22.7 Å². The molecule has 0 radical (unpaired) electrons. The molecule has 1 aliphatic rings. The van der Waals surface area contributed by atoms with E-state index in [1.165, 1.54) is 11.1 Å². The average molecular weight is 411 g/mol. The molecule has 1 saturated carbocycles. The highest BCUT2D eigenvalue weighted by Crippen LogP contribution is 2.34. The van der Waals surface area contributed by atoms with Crippen LogP contribution >= 0.6 is 22.7 Å². The predicted octanol–water partition coefficient (Wildman–Crippen LogP) is 4.21. The Balaban J connectivity index is 1.29. The zero-order valence-electron chi connectivity index (χ0n) is 15.3. The second-order valence-corrected chi connectivity index (χ2v) is 9.25. The summed E-state index contributed by atoms with van der Waals surface area (Å²) >= 11 is 3.32. The zero-order chi connectivity index (χ0) is 19.1. The number of benzene rings is 1. The average Bonchev–Trinajstić information content (AvgIpc) is 3.11. The van der Waals surface area contributed by atoms with E-state index in [1.807, 2.05) is 13.0 Å². The second kappa shape index (κ2) is 6.79. The number of carbonyl (C=O) groups excluding carboxylic acids is 1. The van der Waals surface area contributed by atoms with E-state index < -0.39 is 0 Å². The maximum Gasteiger partial charge on any atom is 0.229 e. The zero-order valence-corrected chi connectivity index (χ0v) is 16.9. The Morgan fingerprint density at radius 2 is 2.07 bits per heavy atom. The molecule has 1 aromatic carbocycles. The molecule has 8 heteroatoms. The van der Waals surface area contributed by atoms with Gasteiger partial charge in [-0.15, -0.1) is 21.5 Å². The van der Waals surface area contributed by atoms with Crippen molar-refractivity contribution >= 4 is 38.8 Å². The molecule has 3 aromatic heterocycles. The Morgan fingerprint density at radius 3 is 2.86 bits per heavy atom. The van der Waals surface area contributed by atoms with Gasteiger partial charge in [-0.3, -0.25) is 4.79 Å². The molecule has 142 valence electrons. The Bertz CT molecular complexity index is 1140. The fraction of sp³-hybridized carbons (Fsp3) is 0.300. The van der Waals surface area contributed by atoms with Crippen LogP contribution in [0.4, 0.5) is 0 Å². The third kappa shape index (κ3) is 3.70. The number of fused-ring (bicyclic) bond motifs is 1. The summed E-state index contributed by atoms with van der Waals surface area (Å²) in [6, 6.07) is 8.43. The van der Waals surface area contributed by atoms with Gasteiger partial charge in [0.2, 0.25) is 17.7 Å². The van der Waals surface area contributed by atoms with Gasteiger partial charge < -0.3 is 9.73 Å². The van der Waals surface area contributed by atoms with Crippen LogP contribution in [0.2, 0.25) is 0 Å². The number of nitrogens with one attached hydrogen (secondary N) is 1. The number of hydrogen-bond acceptors (Lipinski definition) is 7. The first-order valence-corrected chi connectivity index (χ1v) is 10.9. The summed E-state index contributed by atoms with van der Waals surface area (Å²) in [5.74, 6) is 0.756. The fourth-order valence-electron chi connectivity index (χ4n) is 3.05. The fourth-order valence-corrected chi connectivity index (χ4v) is 4.71. The standard InChI is InChI=1S/C20H18N4O2S2/c1-20(5-6-20)22-16(25)9-17-23-24-18(26-17)10-19-21-14-3-2-12(8-15(14)28-19)13-4-7-27-11-13/h2-4,7-8,11H,5-6,9-10H2,1H3,(H,22,25). The third-order valence-electron chi connectivity index (χ3n) is 4.85. The van der Waals surface area contributed by atoms with Gasteiger partial charge in [0.05, 0.1) is 16.6 Å². The second-order valence-electron chi connectivity index (χ2n) is 7.35. The molecule has 4 aromatic rings. The summed E-state index contributed by atoms with van der Waals surface area (Å²) < 4.78 is 6.79. The van der Waals surface area contributed by atoms with E-state index in [-0.39, 0.29) is 17.9 Å². The van der Waals surface area contributed by atoms with Crippen LogP contribution in [0, 0.1) is 0 Å². The van der Waals surface area contributed by atoms with Gasteiger partial charge in [-0.2, -0.15) is 11.3 Å². The topological polar surface area (TPSA) is 80.9 Å². The molecule has 6 nitrogen and oxygen atoms in total. The molecule has 28 heavy (non-hydrogen) atoms. The van der Waals surface area contributed by atoms with Gasteiger partial charge in [0.1, 0.15) is 11.4 Å². The number of thiazole rings is 1. The number of aromatic nitrogens is 3. The molecule has 1 N–H and O–H groups in total. The Morgan fingerprint density at radius 1 is 1.21 bits per heavy atom. The minimum atomic E-state index is -0.0730. The molecule has 0 saturated heterocycles. The Labute approximate surface area is 169 Å². The smallest absolute Gasteiger partial charge is 0.229 e. The van der Waals surface area contributed by atoms with Crippen molar-refractivity contribution in [3.63, 3.8) is 0 Å². The molecular weight excluding hydrogens is 392 g/mol. The summed E-state index contributed by atoms with van der Waals surface area (Å²) in [4.78, 5) is 16.7. The van der Waals surface area contributed by atoms with E-state index in [0.29, 0.717) is 18.2 Å². The number of rotatable bonds is 6.